The molecule has 1 aromatic heterocycles. The van der Waals surface area contributed by atoms with Crippen LogP contribution in [0.3, 0.4) is 0 Å². The van der Waals surface area contributed by atoms with Crippen LogP contribution in [0.2, 0.25) is 0 Å². The molecule has 0 aliphatic carbocycles. The largest absolute Gasteiger partial charge is 0.383 e. The number of rotatable bonds is 6. The van der Waals surface area contributed by atoms with Crippen LogP contribution < -0.4 is 5.32 Å². The van der Waals surface area contributed by atoms with Gasteiger partial charge in [0.25, 0.3) is 0 Å². The van der Waals surface area contributed by atoms with Gasteiger partial charge in [0, 0.05) is 13.2 Å². The van der Waals surface area contributed by atoms with Crippen molar-refractivity contribution in [1.29, 1.82) is 0 Å². The lowest BCUT2D eigenvalue weighted by molar-refractivity contribution is 0.167. The lowest BCUT2D eigenvalue weighted by Gasteiger charge is -2.15. The van der Waals surface area contributed by atoms with Crippen molar-refractivity contribution < 1.29 is 4.74 Å². The third-order valence-corrected chi connectivity index (χ3v) is 2.65. The number of hydrogen-bond acceptors (Lipinski definition) is 3. The van der Waals surface area contributed by atoms with Gasteiger partial charge >= 0.3 is 0 Å². The number of nitrogens with one attached hydrogen (secondary N) is 1. The minimum Gasteiger partial charge on any atom is -0.383 e. The van der Waals surface area contributed by atoms with E-state index >= 15 is 0 Å². The van der Waals surface area contributed by atoms with Crippen molar-refractivity contribution in [1.82, 2.24) is 5.32 Å². The van der Waals surface area contributed by atoms with Crippen molar-refractivity contribution in [2.75, 3.05) is 20.3 Å². The van der Waals surface area contributed by atoms with E-state index in [9.17, 15) is 0 Å². The molecule has 1 atom stereocenters. The normalized spacial score (nSPS) is 13.1. The van der Waals surface area contributed by atoms with Crippen molar-refractivity contribution in [2.45, 2.75) is 19.4 Å². The molecule has 0 bridgehead atoms. The number of thiophene rings is 1. The molecule has 0 saturated heterocycles. The highest BCUT2D eigenvalue weighted by Gasteiger charge is 2.07. The summed E-state index contributed by atoms with van der Waals surface area (Å²) in [5, 5.41) is 7.71. The van der Waals surface area contributed by atoms with Crippen LogP contribution in [0.15, 0.2) is 16.8 Å². The quantitative estimate of drug-likeness (QED) is 0.755. The lowest BCUT2D eigenvalue weighted by Crippen LogP contribution is -2.34. The van der Waals surface area contributed by atoms with Gasteiger partial charge in [0.2, 0.25) is 0 Å². The van der Waals surface area contributed by atoms with Crippen molar-refractivity contribution in [3.8, 4) is 0 Å². The molecule has 1 N–H and O–H groups in total. The second-order valence-corrected chi connectivity index (χ2v) is 3.83. The molecular weight excluding hydrogens is 182 g/mol. The summed E-state index contributed by atoms with van der Waals surface area (Å²) in [4.78, 5) is 0. The number of likely N-dealkylation sites (N-methyl/N-ethyl adjacent to an activating group) is 1. The Morgan fingerprint density at radius 2 is 2.46 bits per heavy atom. The molecular formula is C10H17NOS. The molecule has 0 aliphatic rings. The summed E-state index contributed by atoms with van der Waals surface area (Å²) in [7, 11) is 1.75. The van der Waals surface area contributed by atoms with Gasteiger partial charge in [-0.15, -0.1) is 0 Å². The fraction of sp³-hybridized carbons (Fsp3) is 0.600. The maximum Gasteiger partial charge on any atom is 0.0619 e. The fourth-order valence-electron chi connectivity index (χ4n) is 1.37. The van der Waals surface area contributed by atoms with E-state index in [2.05, 4.69) is 29.1 Å². The molecule has 1 unspecified atom stereocenters. The van der Waals surface area contributed by atoms with Crippen LogP contribution in [0.25, 0.3) is 0 Å². The molecule has 1 heterocycles. The first-order valence-electron chi connectivity index (χ1n) is 4.60. The van der Waals surface area contributed by atoms with Crippen LogP contribution in [-0.4, -0.2) is 26.3 Å². The van der Waals surface area contributed by atoms with Gasteiger partial charge in [-0.2, -0.15) is 11.3 Å². The zero-order chi connectivity index (χ0) is 9.52. The molecule has 0 aromatic carbocycles. The molecule has 0 radical (unpaired) electrons. The number of hydrogen-bond donors (Lipinski definition) is 1. The van der Waals surface area contributed by atoms with Crippen molar-refractivity contribution in [3.05, 3.63) is 22.4 Å². The van der Waals surface area contributed by atoms with Crippen molar-refractivity contribution >= 4 is 11.3 Å². The summed E-state index contributed by atoms with van der Waals surface area (Å²) < 4.78 is 5.15. The molecule has 2 nitrogen and oxygen atoms in total. The average molecular weight is 199 g/mol. The monoisotopic (exact) mass is 199 g/mol. The highest BCUT2D eigenvalue weighted by atomic mass is 32.1. The smallest absolute Gasteiger partial charge is 0.0619 e. The van der Waals surface area contributed by atoms with Gasteiger partial charge < -0.3 is 10.1 Å². The van der Waals surface area contributed by atoms with Crippen LogP contribution in [0, 0.1) is 0 Å². The summed E-state index contributed by atoms with van der Waals surface area (Å²) in [5.74, 6) is 0. The first-order chi connectivity index (χ1) is 6.36. The predicted octanol–water partition coefficient (Wildman–Crippen LogP) is 1.92. The second-order valence-electron chi connectivity index (χ2n) is 3.05. The summed E-state index contributed by atoms with van der Waals surface area (Å²) in [6.07, 6.45) is 1.06. The predicted molar refractivity (Wildman–Crippen MR) is 57.4 cm³/mol. The minimum atomic E-state index is 0.449. The van der Waals surface area contributed by atoms with Crippen LogP contribution in [0.1, 0.15) is 12.5 Å². The molecule has 0 saturated carbocycles. The van der Waals surface area contributed by atoms with Gasteiger partial charge in [0.1, 0.15) is 0 Å². The first kappa shape index (κ1) is 10.7. The SMILES string of the molecule is CCNC(COC)Cc1ccsc1. The maximum atomic E-state index is 5.15. The van der Waals surface area contributed by atoms with Crippen LogP contribution in [0.4, 0.5) is 0 Å². The minimum absolute atomic E-state index is 0.449. The summed E-state index contributed by atoms with van der Waals surface area (Å²) in [5.41, 5.74) is 1.40. The van der Waals surface area contributed by atoms with E-state index in [4.69, 9.17) is 4.74 Å². The molecule has 0 aliphatic heterocycles. The molecule has 1 rings (SSSR count). The van der Waals surface area contributed by atoms with E-state index < -0.39 is 0 Å². The Labute approximate surface area is 83.9 Å². The third-order valence-electron chi connectivity index (χ3n) is 1.92. The molecule has 0 spiro atoms. The zero-order valence-electron chi connectivity index (χ0n) is 8.25. The molecule has 3 heteroatoms. The van der Waals surface area contributed by atoms with Gasteiger partial charge in [-0.3, -0.25) is 0 Å². The van der Waals surface area contributed by atoms with E-state index in [0.717, 1.165) is 19.6 Å². The van der Waals surface area contributed by atoms with E-state index in [-0.39, 0.29) is 0 Å². The molecule has 74 valence electrons. The van der Waals surface area contributed by atoms with Crippen molar-refractivity contribution in [3.63, 3.8) is 0 Å². The second kappa shape index (κ2) is 6.13. The highest BCUT2D eigenvalue weighted by molar-refractivity contribution is 7.07. The lowest BCUT2D eigenvalue weighted by atomic mass is 10.1. The Morgan fingerprint density at radius 1 is 1.62 bits per heavy atom. The van der Waals surface area contributed by atoms with E-state index in [1.54, 1.807) is 18.4 Å². The van der Waals surface area contributed by atoms with E-state index in [0.29, 0.717) is 6.04 Å². The maximum absolute atomic E-state index is 5.15. The highest BCUT2D eigenvalue weighted by Crippen LogP contribution is 2.08. The Morgan fingerprint density at radius 3 is 3.00 bits per heavy atom. The van der Waals surface area contributed by atoms with E-state index in [1.165, 1.54) is 5.56 Å². The Kier molecular flexibility index (Phi) is 5.05. The average Bonchev–Trinajstić information content (AvgIpc) is 2.58. The molecule has 0 fully saturated rings. The Hall–Kier alpha value is -0.380. The van der Waals surface area contributed by atoms with Crippen LogP contribution in [0.5, 0.6) is 0 Å². The molecule has 13 heavy (non-hydrogen) atoms. The molecule has 1 aromatic rings. The topological polar surface area (TPSA) is 21.3 Å². The Bertz CT molecular complexity index is 205. The molecule has 0 amide bonds. The fourth-order valence-corrected chi connectivity index (χ4v) is 2.05. The van der Waals surface area contributed by atoms with Gasteiger partial charge in [0.15, 0.2) is 0 Å². The van der Waals surface area contributed by atoms with Gasteiger partial charge in [-0.05, 0) is 35.4 Å². The third kappa shape index (κ3) is 3.89. The van der Waals surface area contributed by atoms with Crippen LogP contribution >= 0.6 is 11.3 Å². The van der Waals surface area contributed by atoms with Crippen LogP contribution in [-0.2, 0) is 11.2 Å². The zero-order valence-corrected chi connectivity index (χ0v) is 9.06. The van der Waals surface area contributed by atoms with Crippen molar-refractivity contribution in [2.24, 2.45) is 0 Å². The standard InChI is InChI=1S/C10H17NOS/c1-3-11-10(7-12-2)6-9-4-5-13-8-9/h4-5,8,10-11H,3,6-7H2,1-2H3. The van der Waals surface area contributed by atoms with E-state index in [1.807, 2.05) is 0 Å². The number of methoxy groups -OCH3 is 1. The number of ether oxygens (including phenoxy) is 1. The Balaban J connectivity index is 2.37. The summed E-state index contributed by atoms with van der Waals surface area (Å²) >= 11 is 1.75. The summed E-state index contributed by atoms with van der Waals surface area (Å²) in [6, 6.07) is 2.62. The first-order valence-corrected chi connectivity index (χ1v) is 5.54. The summed E-state index contributed by atoms with van der Waals surface area (Å²) in [6.45, 7) is 3.90. The van der Waals surface area contributed by atoms with Gasteiger partial charge in [-0.1, -0.05) is 6.92 Å². The van der Waals surface area contributed by atoms with Gasteiger partial charge in [-0.25, -0.2) is 0 Å². The van der Waals surface area contributed by atoms with Gasteiger partial charge in [0.05, 0.1) is 6.61 Å².